The third-order valence-electron chi connectivity index (χ3n) is 6.36. The van der Waals surface area contributed by atoms with Gasteiger partial charge in [0, 0.05) is 18.2 Å². The lowest BCUT2D eigenvalue weighted by Gasteiger charge is -2.36. The average molecular weight is 373 g/mol. The summed E-state index contributed by atoms with van der Waals surface area (Å²) in [6, 6.07) is 7.84. The summed E-state index contributed by atoms with van der Waals surface area (Å²) in [6.07, 6.45) is 6.04. The van der Waals surface area contributed by atoms with Gasteiger partial charge in [-0.25, -0.2) is 0 Å². The van der Waals surface area contributed by atoms with Crippen molar-refractivity contribution < 1.29 is 9.53 Å². The van der Waals surface area contributed by atoms with Gasteiger partial charge in [0.25, 0.3) is 0 Å². The number of hydrogen-bond acceptors (Lipinski definition) is 3. The van der Waals surface area contributed by atoms with Crippen LogP contribution in [0.1, 0.15) is 52.9 Å². The van der Waals surface area contributed by atoms with E-state index in [2.05, 4.69) is 31.0 Å². The SMILES string of the molecule is CC(C)[C@@H]1CC[C@@H](C)C[C@H]1C(=O)Nc1ccc(OCCN2CCCC2)cc1. The number of likely N-dealkylation sites (tertiary alicyclic amines) is 1. The van der Waals surface area contributed by atoms with E-state index < -0.39 is 0 Å². The first-order valence-electron chi connectivity index (χ1n) is 10.8. The van der Waals surface area contributed by atoms with Crippen molar-refractivity contribution in [1.29, 1.82) is 0 Å². The van der Waals surface area contributed by atoms with Crippen molar-refractivity contribution in [1.82, 2.24) is 4.90 Å². The Morgan fingerprint density at radius 1 is 1.19 bits per heavy atom. The number of amides is 1. The number of carbonyl (C=O) groups excluding carboxylic acids is 1. The van der Waals surface area contributed by atoms with E-state index in [0.29, 0.717) is 17.8 Å². The summed E-state index contributed by atoms with van der Waals surface area (Å²) in [4.78, 5) is 15.3. The Morgan fingerprint density at radius 2 is 1.89 bits per heavy atom. The van der Waals surface area contributed by atoms with Crippen LogP contribution in [0.25, 0.3) is 0 Å². The van der Waals surface area contributed by atoms with Crippen molar-refractivity contribution in [2.45, 2.75) is 52.9 Å². The molecule has 1 saturated heterocycles. The van der Waals surface area contributed by atoms with E-state index in [1.54, 1.807) is 0 Å². The van der Waals surface area contributed by atoms with Crippen LogP contribution in [-0.4, -0.2) is 37.0 Å². The van der Waals surface area contributed by atoms with Gasteiger partial charge in [-0.05, 0) is 80.8 Å². The van der Waals surface area contributed by atoms with Gasteiger partial charge in [-0.15, -0.1) is 0 Å². The first-order chi connectivity index (χ1) is 13.0. The zero-order valence-electron chi connectivity index (χ0n) is 17.2. The smallest absolute Gasteiger partial charge is 0.227 e. The average Bonchev–Trinajstić information content (AvgIpc) is 3.16. The fourth-order valence-corrected chi connectivity index (χ4v) is 4.67. The van der Waals surface area contributed by atoms with Gasteiger partial charge in [0.1, 0.15) is 12.4 Å². The van der Waals surface area contributed by atoms with E-state index in [4.69, 9.17) is 4.74 Å². The summed E-state index contributed by atoms with van der Waals surface area (Å²) < 4.78 is 5.85. The van der Waals surface area contributed by atoms with E-state index in [1.165, 1.54) is 38.8 Å². The summed E-state index contributed by atoms with van der Waals surface area (Å²) >= 11 is 0. The minimum atomic E-state index is 0.130. The maximum atomic E-state index is 12.9. The van der Waals surface area contributed by atoms with Crippen molar-refractivity contribution in [3.05, 3.63) is 24.3 Å². The van der Waals surface area contributed by atoms with Gasteiger partial charge in [-0.2, -0.15) is 0 Å². The Balaban J connectivity index is 1.49. The number of nitrogens with zero attached hydrogens (tertiary/aromatic N) is 1. The zero-order valence-corrected chi connectivity index (χ0v) is 17.2. The second-order valence-corrected chi connectivity index (χ2v) is 8.84. The van der Waals surface area contributed by atoms with Crippen molar-refractivity contribution in [3.63, 3.8) is 0 Å². The topological polar surface area (TPSA) is 41.6 Å². The largest absolute Gasteiger partial charge is 0.492 e. The van der Waals surface area contributed by atoms with Crippen molar-refractivity contribution in [2.24, 2.45) is 23.7 Å². The Morgan fingerprint density at radius 3 is 2.56 bits per heavy atom. The number of hydrogen-bond donors (Lipinski definition) is 1. The van der Waals surface area contributed by atoms with E-state index in [0.717, 1.165) is 31.0 Å². The molecule has 3 rings (SSSR count). The third kappa shape index (κ3) is 5.71. The second kappa shape index (κ2) is 9.59. The molecule has 4 nitrogen and oxygen atoms in total. The highest BCUT2D eigenvalue weighted by atomic mass is 16.5. The highest BCUT2D eigenvalue weighted by Gasteiger charge is 2.35. The maximum absolute atomic E-state index is 12.9. The molecule has 1 aliphatic carbocycles. The minimum absolute atomic E-state index is 0.130. The van der Waals surface area contributed by atoms with Gasteiger partial charge in [-0.1, -0.05) is 27.2 Å². The van der Waals surface area contributed by atoms with E-state index in [-0.39, 0.29) is 11.8 Å². The lowest BCUT2D eigenvalue weighted by atomic mass is 9.70. The van der Waals surface area contributed by atoms with Gasteiger partial charge in [0.05, 0.1) is 0 Å². The molecular weight excluding hydrogens is 336 g/mol. The number of benzene rings is 1. The Hall–Kier alpha value is -1.55. The molecule has 0 bridgehead atoms. The molecule has 0 spiro atoms. The lowest BCUT2D eigenvalue weighted by Crippen LogP contribution is -2.36. The molecule has 1 amide bonds. The normalized spacial score (nSPS) is 26.3. The van der Waals surface area contributed by atoms with Gasteiger partial charge in [-0.3, -0.25) is 9.69 Å². The summed E-state index contributed by atoms with van der Waals surface area (Å²) in [5, 5.41) is 3.14. The predicted octanol–water partition coefficient (Wildman–Crippen LogP) is 4.81. The molecule has 150 valence electrons. The van der Waals surface area contributed by atoms with Crippen LogP contribution < -0.4 is 10.1 Å². The molecule has 4 heteroatoms. The van der Waals surface area contributed by atoms with Gasteiger partial charge in [0.15, 0.2) is 0 Å². The molecule has 1 saturated carbocycles. The predicted molar refractivity (Wildman–Crippen MR) is 111 cm³/mol. The van der Waals surface area contributed by atoms with Crippen LogP contribution in [0.3, 0.4) is 0 Å². The molecular formula is C23H36N2O2. The zero-order chi connectivity index (χ0) is 19.2. The van der Waals surface area contributed by atoms with Crippen molar-refractivity contribution in [3.8, 4) is 5.75 Å². The summed E-state index contributed by atoms with van der Waals surface area (Å²) in [7, 11) is 0. The highest BCUT2D eigenvalue weighted by Crippen LogP contribution is 2.38. The summed E-state index contributed by atoms with van der Waals surface area (Å²) in [5.74, 6) is 2.88. The third-order valence-corrected chi connectivity index (χ3v) is 6.36. The first kappa shape index (κ1) is 20.2. The molecule has 1 aromatic carbocycles. The molecule has 0 aromatic heterocycles. The van der Waals surface area contributed by atoms with Gasteiger partial charge in [0.2, 0.25) is 5.91 Å². The van der Waals surface area contributed by atoms with Crippen molar-refractivity contribution >= 4 is 11.6 Å². The number of rotatable bonds is 7. The second-order valence-electron chi connectivity index (χ2n) is 8.84. The van der Waals surface area contributed by atoms with Crippen LogP contribution in [0.5, 0.6) is 5.75 Å². The van der Waals surface area contributed by atoms with Crippen LogP contribution >= 0.6 is 0 Å². The van der Waals surface area contributed by atoms with E-state index in [9.17, 15) is 4.79 Å². The fourth-order valence-electron chi connectivity index (χ4n) is 4.67. The Labute approximate surface area is 164 Å². The van der Waals surface area contributed by atoms with Crippen LogP contribution in [0, 0.1) is 23.7 Å². The molecule has 1 N–H and O–H groups in total. The van der Waals surface area contributed by atoms with Crippen LogP contribution in [-0.2, 0) is 4.79 Å². The van der Waals surface area contributed by atoms with Crippen LogP contribution in [0.4, 0.5) is 5.69 Å². The molecule has 1 aliphatic heterocycles. The minimum Gasteiger partial charge on any atom is -0.492 e. The van der Waals surface area contributed by atoms with Gasteiger partial charge >= 0.3 is 0 Å². The standard InChI is InChI=1S/C23H36N2O2/c1-17(2)21-11-6-18(3)16-22(21)23(26)24-19-7-9-20(10-8-19)27-15-14-25-12-4-5-13-25/h7-10,17-18,21-22H,4-6,11-16H2,1-3H3,(H,24,26)/t18-,21+,22-/m1/s1. The molecule has 27 heavy (non-hydrogen) atoms. The molecule has 1 heterocycles. The molecule has 2 fully saturated rings. The first-order valence-corrected chi connectivity index (χ1v) is 10.8. The molecule has 2 aliphatic rings. The van der Waals surface area contributed by atoms with Crippen molar-refractivity contribution in [2.75, 3.05) is 31.6 Å². The summed E-state index contributed by atoms with van der Waals surface area (Å²) in [5.41, 5.74) is 0.868. The molecule has 1 aromatic rings. The molecule has 0 radical (unpaired) electrons. The summed E-state index contributed by atoms with van der Waals surface area (Å²) in [6.45, 7) is 10.9. The number of anilines is 1. The van der Waals surface area contributed by atoms with Gasteiger partial charge < -0.3 is 10.1 Å². The highest BCUT2D eigenvalue weighted by molar-refractivity contribution is 5.92. The monoisotopic (exact) mass is 372 g/mol. The Bertz CT molecular complexity index is 593. The van der Waals surface area contributed by atoms with E-state index >= 15 is 0 Å². The molecule has 0 unspecified atom stereocenters. The lowest BCUT2D eigenvalue weighted by molar-refractivity contribution is -0.123. The van der Waals surface area contributed by atoms with E-state index in [1.807, 2.05) is 24.3 Å². The van der Waals surface area contributed by atoms with Crippen LogP contribution in [0.15, 0.2) is 24.3 Å². The maximum Gasteiger partial charge on any atom is 0.227 e. The number of nitrogens with one attached hydrogen (secondary N) is 1. The molecule has 3 atom stereocenters. The fraction of sp³-hybridized carbons (Fsp3) is 0.696. The number of ether oxygens (including phenoxy) is 1. The Kier molecular flexibility index (Phi) is 7.17. The number of carbonyl (C=O) groups is 1. The quantitative estimate of drug-likeness (QED) is 0.747. The van der Waals surface area contributed by atoms with Crippen LogP contribution in [0.2, 0.25) is 0 Å².